The summed E-state index contributed by atoms with van der Waals surface area (Å²) in [5.41, 5.74) is 0. The van der Waals surface area contributed by atoms with E-state index >= 15 is 0 Å². The monoisotopic (exact) mass is 873 g/mol. The summed E-state index contributed by atoms with van der Waals surface area (Å²) < 4.78 is 32.2. The first-order valence-electron chi connectivity index (χ1n) is 26.2. The van der Waals surface area contributed by atoms with Gasteiger partial charge in [0.15, 0.2) is 6.10 Å². The lowest BCUT2D eigenvalue weighted by Crippen LogP contribution is -2.29. The molecule has 0 aliphatic heterocycles. The fourth-order valence-corrected chi connectivity index (χ4v) is 8.53. The van der Waals surface area contributed by atoms with Gasteiger partial charge in [0.05, 0.1) is 6.61 Å². The van der Waals surface area contributed by atoms with Crippen molar-refractivity contribution in [2.24, 2.45) is 0 Å². The fourth-order valence-electron chi connectivity index (χ4n) is 8.07. The molecule has 1 N–H and O–H groups in total. The number of hydrogen-bond donors (Lipinski definition) is 1. The van der Waals surface area contributed by atoms with E-state index in [-0.39, 0.29) is 25.6 Å². The molecule has 0 aromatic carbocycles. The van der Waals surface area contributed by atoms with Gasteiger partial charge in [0.2, 0.25) is 0 Å². The maximum Gasteiger partial charge on any atom is 0.472 e. The molecular formula is C51H101O8P. The number of carbonyl (C=O) groups excluding carboxylic acids is 2. The van der Waals surface area contributed by atoms with Crippen LogP contribution in [0.4, 0.5) is 0 Å². The van der Waals surface area contributed by atoms with E-state index in [1.54, 1.807) is 0 Å². The molecule has 0 heterocycles. The zero-order valence-electron chi connectivity index (χ0n) is 40.1. The molecule has 0 aromatic rings. The van der Waals surface area contributed by atoms with Gasteiger partial charge in [-0.2, -0.15) is 0 Å². The summed E-state index contributed by atoms with van der Waals surface area (Å²) in [4.78, 5) is 34.7. The zero-order chi connectivity index (χ0) is 43.9. The number of ether oxygens (including phenoxy) is 2. The smallest absolute Gasteiger partial charge is 0.462 e. The first-order valence-corrected chi connectivity index (χ1v) is 27.7. The van der Waals surface area contributed by atoms with Crippen molar-refractivity contribution in [2.45, 2.75) is 296 Å². The van der Waals surface area contributed by atoms with E-state index in [0.29, 0.717) is 6.42 Å². The standard InChI is InChI=1S/C51H101O8P/c1-4-6-8-10-12-14-16-18-20-22-24-25-26-28-30-32-34-36-38-40-42-44-46-51(53)59-49(48-58-60(54,55)56-3)47-57-50(52)45-43-41-39-37-35-33-31-29-27-23-21-19-17-15-13-11-9-7-5-2/h49H,4-48H2,1-3H3,(H,54,55). The average Bonchev–Trinajstić information content (AvgIpc) is 3.24. The molecule has 8 nitrogen and oxygen atoms in total. The second-order valence-electron chi connectivity index (χ2n) is 18.0. The van der Waals surface area contributed by atoms with Crippen LogP contribution in [-0.4, -0.2) is 43.3 Å². The van der Waals surface area contributed by atoms with E-state index in [1.807, 2.05) is 0 Å². The molecule has 0 amide bonds. The number of rotatable bonds is 50. The topological polar surface area (TPSA) is 108 Å². The molecule has 60 heavy (non-hydrogen) atoms. The van der Waals surface area contributed by atoms with Crippen molar-refractivity contribution in [3.8, 4) is 0 Å². The molecule has 9 heteroatoms. The van der Waals surface area contributed by atoms with Crippen molar-refractivity contribution >= 4 is 19.8 Å². The number of hydrogen-bond acceptors (Lipinski definition) is 7. The normalized spacial score (nSPS) is 13.1. The molecule has 0 saturated heterocycles. The number of phosphoric ester groups is 1. The van der Waals surface area contributed by atoms with Crippen LogP contribution >= 0.6 is 7.82 Å². The Bertz CT molecular complexity index is 946. The summed E-state index contributed by atoms with van der Waals surface area (Å²) in [6.45, 7) is 3.96. The Labute approximate surface area is 372 Å². The van der Waals surface area contributed by atoms with Gasteiger partial charge in [-0.15, -0.1) is 0 Å². The largest absolute Gasteiger partial charge is 0.472 e. The molecule has 2 unspecified atom stereocenters. The lowest BCUT2D eigenvalue weighted by atomic mass is 10.0. The van der Waals surface area contributed by atoms with Crippen LogP contribution in [0.15, 0.2) is 0 Å². The Balaban J connectivity index is 3.82. The number of unbranched alkanes of at least 4 members (excludes halogenated alkanes) is 39. The molecule has 2 atom stereocenters. The van der Waals surface area contributed by atoms with Gasteiger partial charge < -0.3 is 14.4 Å². The van der Waals surface area contributed by atoms with Crippen LogP contribution in [0.1, 0.15) is 290 Å². The van der Waals surface area contributed by atoms with E-state index in [0.717, 1.165) is 45.6 Å². The molecule has 0 aliphatic carbocycles. The molecule has 0 radical (unpaired) electrons. The quantitative estimate of drug-likeness (QED) is 0.0366. The predicted molar refractivity (Wildman–Crippen MR) is 254 cm³/mol. The second-order valence-corrected chi connectivity index (χ2v) is 19.6. The molecule has 358 valence electrons. The SMILES string of the molecule is CCCCCCCCCCCCCCCCCCCCCCCCC(=O)OC(COC(=O)CCCCCCCCCCCCCCCCCCCCC)COP(=O)(O)OC. The number of carbonyl (C=O) groups is 2. The van der Waals surface area contributed by atoms with Gasteiger partial charge in [0.25, 0.3) is 0 Å². The maximum atomic E-state index is 12.6. The Morgan fingerprint density at radius 1 is 0.400 bits per heavy atom. The van der Waals surface area contributed by atoms with Crippen LogP contribution in [0, 0.1) is 0 Å². The van der Waals surface area contributed by atoms with Crippen LogP contribution in [0.2, 0.25) is 0 Å². The van der Waals surface area contributed by atoms with Gasteiger partial charge >= 0.3 is 19.8 Å². The van der Waals surface area contributed by atoms with Crippen LogP contribution in [0.25, 0.3) is 0 Å². The molecule has 0 spiro atoms. The Hall–Kier alpha value is -0.950. The van der Waals surface area contributed by atoms with E-state index in [9.17, 15) is 19.0 Å². The van der Waals surface area contributed by atoms with Crippen LogP contribution in [-0.2, 0) is 32.7 Å². The maximum absolute atomic E-state index is 12.6. The molecule has 0 fully saturated rings. The minimum atomic E-state index is -4.26. The van der Waals surface area contributed by atoms with Crippen molar-refractivity contribution in [1.82, 2.24) is 0 Å². The minimum absolute atomic E-state index is 0.216. The summed E-state index contributed by atoms with van der Waals surface area (Å²) in [6, 6.07) is 0. The van der Waals surface area contributed by atoms with E-state index in [4.69, 9.17) is 14.0 Å². The molecule has 0 aromatic heterocycles. The van der Waals surface area contributed by atoms with E-state index in [1.165, 1.54) is 225 Å². The predicted octanol–water partition coefficient (Wildman–Crippen LogP) is 17.0. The van der Waals surface area contributed by atoms with E-state index in [2.05, 4.69) is 18.4 Å². The second kappa shape index (κ2) is 47.5. The van der Waals surface area contributed by atoms with Crippen molar-refractivity contribution in [3.63, 3.8) is 0 Å². The van der Waals surface area contributed by atoms with Crippen molar-refractivity contribution in [3.05, 3.63) is 0 Å². The van der Waals surface area contributed by atoms with Crippen LogP contribution in [0.5, 0.6) is 0 Å². The lowest BCUT2D eigenvalue weighted by Gasteiger charge is -2.19. The Kier molecular flexibility index (Phi) is 46.8. The number of esters is 2. The third-order valence-electron chi connectivity index (χ3n) is 12.1. The van der Waals surface area contributed by atoms with Gasteiger partial charge in [-0.1, -0.05) is 264 Å². The highest BCUT2D eigenvalue weighted by molar-refractivity contribution is 7.47. The Morgan fingerprint density at radius 3 is 0.917 bits per heavy atom. The molecule has 0 saturated carbocycles. The van der Waals surface area contributed by atoms with Crippen LogP contribution in [0.3, 0.4) is 0 Å². The van der Waals surface area contributed by atoms with Crippen molar-refractivity contribution in [1.29, 1.82) is 0 Å². The first kappa shape index (κ1) is 59.0. The van der Waals surface area contributed by atoms with Crippen molar-refractivity contribution in [2.75, 3.05) is 20.3 Å². The van der Waals surface area contributed by atoms with Gasteiger partial charge in [0.1, 0.15) is 6.61 Å². The lowest BCUT2D eigenvalue weighted by molar-refractivity contribution is -0.161. The number of phosphoric acid groups is 1. The third-order valence-corrected chi connectivity index (χ3v) is 13.0. The summed E-state index contributed by atoms with van der Waals surface area (Å²) in [5, 5.41) is 0. The van der Waals surface area contributed by atoms with Gasteiger partial charge in [-0.05, 0) is 12.8 Å². The fraction of sp³-hybridized carbons (Fsp3) is 0.961. The Morgan fingerprint density at radius 2 is 0.650 bits per heavy atom. The third kappa shape index (κ3) is 46.6. The highest BCUT2D eigenvalue weighted by Crippen LogP contribution is 2.42. The summed E-state index contributed by atoms with van der Waals surface area (Å²) in [6.07, 6.45) is 53.1. The first-order chi connectivity index (χ1) is 29.3. The molecule has 0 aliphatic rings. The van der Waals surface area contributed by atoms with Gasteiger partial charge in [0, 0.05) is 20.0 Å². The van der Waals surface area contributed by atoms with Crippen molar-refractivity contribution < 1.29 is 37.6 Å². The highest BCUT2D eigenvalue weighted by Gasteiger charge is 2.24. The van der Waals surface area contributed by atoms with Gasteiger partial charge in [-0.3, -0.25) is 18.6 Å². The summed E-state index contributed by atoms with van der Waals surface area (Å²) in [7, 11) is -3.19. The molecular weight excluding hydrogens is 772 g/mol. The zero-order valence-corrected chi connectivity index (χ0v) is 41.0. The van der Waals surface area contributed by atoms with E-state index < -0.39 is 19.9 Å². The summed E-state index contributed by atoms with van der Waals surface area (Å²) in [5.74, 6) is -0.779. The van der Waals surface area contributed by atoms with Crippen LogP contribution < -0.4 is 0 Å². The highest BCUT2D eigenvalue weighted by atomic mass is 31.2. The average molecular weight is 873 g/mol. The van der Waals surface area contributed by atoms with Gasteiger partial charge in [-0.25, -0.2) is 4.57 Å². The molecule has 0 bridgehead atoms. The minimum Gasteiger partial charge on any atom is -0.462 e. The summed E-state index contributed by atoms with van der Waals surface area (Å²) >= 11 is 0. The molecule has 0 rings (SSSR count).